The van der Waals surface area contributed by atoms with Crippen molar-refractivity contribution in [2.45, 2.75) is 70.8 Å². The summed E-state index contributed by atoms with van der Waals surface area (Å²) in [5, 5.41) is 7.87. The fourth-order valence-corrected chi connectivity index (χ4v) is 3.15. The Morgan fingerprint density at radius 2 is 1.72 bits per heavy atom. The first kappa shape index (κ1) is 15.7. The summed E-state index contributed by atoms with van der Waals surface area (Å²) in [7, 11) is 2.08. The number of thiophene rings is 1. The van der Waals surface area contributed by atoms with Crippen LogP contribution in [0.4, 0.5) is 0 Å². The van der Waals surface area contributed by atoms with Gasteiger partial charge in [0.1, 0.15) is 0 Å². The molecule has 104 valence electrons. The molecule has 0 saturated carbocycles. The molecule has 18 heavy (non-hydrogen) atoms. The van der Waals surface area contributed by atoms with Gasteiger partial charge in [-0.1, -0.05) is 58.3 Å². The van der Waals surface area contributed by atoms with E-state index in [0.29, 0.717) is 6.04 Å². The van der Waals surface area contributed by atoms with Crippen molar-refractivity contribution < 1.29 is 0 Å². The summed E-state index contributed by atoms with van der Waals surface area (Å²) in [6.45, 7) is 2.28. The average molecular weight is 267 g/mol. The second-order valence-electron chi connectivity index (χ2n) is 5.16. The first-order chi connectivity index (χ1) is 8.88. The summed E-state index contributed by atoms with van der Waals surface area (Å²) < 4.78 is 0. The molecule has 1 nitrogen and oxygen atoms in total. The Bertz CT molecular complexity index is 269. The lowest BCUT2D eigenvalue weighted by Crippen LogP contribution is -2.15. The van der Waals surface area contributed by atoms with Gasteiger partial charge in [0.25, 0.3) is 0 Å². The Kier molecular flexibility index (Phi) is 9.23. The molecule has 2 heteroatoms. The number of hydrogen-bond acceptors (Lipinski definition) is 2. The third-order valence-corrected chi connectivity index (χ3v) is 4.34. The Balaban J connectivity index is 1.99. The van der Waals surface area contributed by atoms with E-state index in [1.54, 1.807) is 11.3 Å². The molecule has 0 bridgehead atoms. The highest BCUT2D eigenvalue weighted by atomic mass is 32.1. The lowest BCUT2D eigenvalue weighted by atomic mass is 10.0. The summed E-state index contributed by atoms with van der Waals surface area (Å²) in [5.41, 5.74) is 1.46. The SMILES string of the molecule is CCCCCCCCCCC(NC)c1ccsc1. The smallest absolute Gasteiger partial charge is 0.0325 e. The molecule has 0 aliphatic rings. The van der Waals surface area contributed by atoms with Gasteiger partial charge in [0, 0.05) is 6.04 Å². The molecular weight excluding hydrogens is 238 g/mol. The highest BCUT2D eigenvalue weighted by Crippen LogP contribution is 2.22. The molecule has 0 aliphatic carbocycles. The van der Waals surface area contributed by atoms with E-state index < -0.39 is 0 Å². The van der Waals surface area contributed by atoms with E-state index in [1.165, 1.54) is 63.4 Å². The van der Waals surface area contributed by atoms with Gasteiger partial charge < -0.3 is 5.32 Å². The second kappa shape index (κ2) is 10.6. The summed E-state index contributed by atoms with van der Waals surface area (Å²) in [5.74, 6) is 0. The van der Waals surface area contributed by atoms with Crippen LogP contribution < -0.4 is 5.32 Å². The lowest BCUT2D eigenvalue weighted by molar-refractivity contribution is 0.495. The third kappa shape index (κ3) is 6.55. The normalized spacial score (nSPS) is 12.8. The third-order valence-electron chi connectivity index (χ3n) is 3.64. The van der Waals surface area contributed by atoms with Crippen molar-refractivity contribution in [1.29, 1.82) is 0 Å². The van der Waals surface area contributed by atoms with Gasteiger partial charge in [-0.15, -0.1) is 0 Å². The van der Waals surface area contributed by atoms with E-state index in [9.17, 15) is 0 Å². The maximum absolute atomic E-state index is 3.43. The molecule has 0 spiro atoms. The number of rotatable bonds is 11. The molecule has 1 unspecified atom stereocenters. The highest BCUT2D eigenvalue weighted by Gasteiger charge is 2.08. The summed E-state index contributed by atoms with van der Waals surface area (Å²) >= 11 is 1.80. The Morgan fingerprint density at radius 3 is 2.28 bits per heavy atom. The molecule has 1 heterocycles. The highest BCUT2D eigenvalue weighted by molar-refractivity contribution is 7.07. The van der Waals surface area contributed by atoms with Gasteiger partial charge in [0.15, 0.2) is 0 Å². The number of unbranched alkanes of at least 4 members (excludes halogenated alkanes) is 7. The molecule has 1 rings (SSSR count). The van der Waals surface area contributed by atoms with Crippen LogP contribution in [-0.4, -0.2) is 7.05 Å². The number of hydrogen-bond donors (Lipinski definition) is 1. The van der Waals surface area contributed by atoms with Gasteiger partial charge in [0.2, 0.25) is 0 Å². The zero-order valence-corrected chi connectivity index (χ0v) is 12.9. The fourth-order valence-electron chi connectivity index (χ4n) is 2.43. The summed E-state index contributed by atoms with van der Waals surface area (Å²) in [6.07, 6.45) is 12.5. The van der Waals surface area contributed by atoms with Crippen molar-refractivity contribution >= 4 is 11.3 Å². The Hall–Kier alpha value is -0.340. The first-order valence-corrected chi connectivity index (χ1v) is 8.52. The van der Waals surface area contributed by atoms with E-state index in [2.05, 4.69) is 36.1 Å². The molecule has 0 aliphatic heterocycles. The minimum atomic E-state index is 0.566. The van der Waals surface area contributed by atoms with Gasteiger partial charge >= 0.3 is 0 Å². The molecule has 1 N–H and O–H groups in total. The van der Waals surface area contributed by atoms with E-state index in [-0.39, 0.29) is 0 Å². The largest absolute Gasteiger partial charge is 0.313 e. The Labute approximate surface area is 117 Å². The van der Waals surface area contributed by atoms with Crippen molar-refractivity contribution in [2.24, 2.45) is 0 Å². The van der Waals surface area contributed by atoms with Gasteiger partial charge in [-0.25, -0.2) is 0 Å². The zero-order chi connectivity index (χ0) is 13.1. The second-order valence-corrected chi connectivity index (χ2v) is 5.94. The predicted molar refractivity (Wildman–Crippen MR) is 83.3 cm³/mol. The van der Waals surface area contributed by atoms with Crippen molar-refractivity contribution in [1.82, 2.24) is 5.32 Å². The van der Waals surface area contributed by atoms with Crippen molar-refractivity contribution in [3.05, 3.63) is 22.4 Å². The molecule has 0 fully saturated rings. The van der Waals surface area contributed by atoms with Crippen LogP contribution >= 0.6 is 11.3 Å². The summed E-state index contributed by atoms with van der Waals surface area (Å²) in [6, 6.07) is 2.81. The summed E-state index contributed by atoms with van der Waals surface area (Å²) in [4.78, 5) is 0. The quantitative estimate of drug-likeness (QED) is 0.519. The molecule has 0 amide bonds. The number of nitrogens with one attached hydrogen (secondary N) is 1. The molecule has 1 aromatic heterocycles. The molecule has 0 saturated heterocycles. The van der Waals surface area contributed by atoms with Crippen LogP contribution in [0.25, 0.3) is 0 Å². The van der Waals surface area contributed by atoms with Crippen LogP contribution in [0.2, 0.25) is 0 Å². The van der Waals surface area contributed by atoms with Gasteiger partial charge in [0.05, 0.1) is 0 Å². The fraction of sp³-hybridized carbons (Fsp3) is 0.750. The molecule has 0 radical (unpaired) electrons. The van der Waals surface area contributed by atoms with Gasteiger partial charge in [-0.05, 0) is 35.9 Å². The average Bonchev–Trinajstić information content (AvgIpc) is 2.91. The molecule has 1 atom stereocenters. The maximum atomic E-state index is 3.43. The lowest BCUT2D eigenvalue weighted by Gasteiger charge is -2.14. The predicted octanol–water partition coefficient (Wildman–Crippen LogP) is 5.54. The topological polar surface area (TPSA) is 12.0 Å². The Morgan fingerprint density at radius 1 is 1.06 bits per heavy atom. The monoisotopic (exact) mass is 267 g/mol. The van der Waals surface area contributed by atoms with Crippen LogP contribution in [0.5, 0.6) is 0 Å². The van der Waals surface area contributed by atoms with Crippen molar-refractivity contribution in [2.75, 3.05) is 7.05 Å². The van der Waals surface area contributed by atoms with E-state index in [4.69, 9.17) is 0 Å². The van der Waals surface area contributed by atoms with Crippen LogP contribution in [0, 0.1) is 0 Å². The van der Waals surface area contributed by atoms with Crippen LogP contribution in [0.1, 0.15) is 76.3 Å². The molecule has 0 aromatic carbocycles. The van der Waals surface area contributed by atoms with Crippen LogP contribution in [0.3, 0.4) is 0 Å². The first-order valence-electron chi connectivity index (χ1n) is 7.57. The molecule has 1 aromatic rings. The van der Waals surface area contributed by atoms with Crippen LogP contribution in [0.15, 0.2) is 16.8 Å². The van der Waals surface area contributed by atoms with E-state index in [1.807, 2.05) is 0 Å². The van der Waals surface area contributed by atoms with Crippen LogP contribution in [-0.2, 0) is 0 Å². The van der Waals surface area contributed by atoms with Crippen molar-refractivity contribution in [3.63, 3.8) is 0 Å². The van der Waals surface area contributed by atoms with E-state index >= 15 is 0 Å². The minimum absolute atomic E-state index is 0.566. The standard InChI is InChI=1S/C16H29NS/c1-3-4-5-6-7-8-9-10-11-16(17-2)15-12-13-18-14-15/h12-14,16-17H,3-11H2,1-2H3. The van der Waals surface area contributed by atoms with Gasteiger partial charge in [-0.2, -0.15) is 11.3 Å². The zero-order valence-electron chi connectivity index (χ0n) is 12.1. The van der Waals surface area contributed by atoms with Gasteiger partial charge in [-0.3, -0.25) is 0 Å². The van der Waals surface area contributed by atoms with E-state index in [0.717, 1.165) is 0 Å². The maximum Gasteiger partial charge on any atom is 0.0325 e. The van der Waals surface area contributed by atoms with Crippen molar-refractivity contribution in [3.8, 4) is 0 Å². The minimum Gasteiger partial charge on any atom is -0.313 e. The molecular formula is C16H29NS.